The molecule has 0 amide bonds. The molecule has 2 aromatic rings. The molecule has 0 saturated heterocycles. The highest BCUT2D eigenvalue weighted by atomic mass is 79.9. The van der Waals surface area contributed by atoms with Crippen LogP contribution in [0.25, 0.3) is 0 Å². The lowest BCUT2D eigenvalue weighted by molar-refractivity contribution is 0.356. The Bertz CT molecular complexity index is 636. The van der Waals surface area contributed by atoms with E-state index in [2.05, 4.69) is 30.8 Å². The molecule has 3 nitrogen and oxygen atoms in total. The summed E-state index contributed by atoms with van der Waals surface area (Å²) in [6, 6.07) is 4.30. The van der Waals surface area contributed by atoms with Gasteiger partial charge >= 0.3 is 0 Å². The van der Waals surface area contributed by atoms with Crippen molar-refractivity contribution < 1.29 is 0 Å². The number of nitrogens with zero attached hydrogens (tertiary/aromatic N) is 2. The average molecular weight is 389 g/mol. The second kappa shape index (κ2) is 6.59. The van der Waals surface area contributed by atoms with Crippen molar-refractivity contribution in [1.82, 2.24) is 9.55 Å². The molecule has 0 spiro atoms. The molecule has 1 saturated carbocycles. The Balaban J connectivity index is 1.86. The summed E-state index contributed by atoms with van der Waals surface area (Å²) in [6.45, 7) is 0. The van der Waals surface area contributed by atoms with E-state index < -0.39 is 0 Å². The minimum atomic E-state index is 0.504. The molecule has 1 aliphatic rings. The van der Waals surface area contributed by atoms with Gasteiger partial charge in [-0.2, -0.15) is 0 Å². The van der Waals surface area contributed by atoms with Crippen molar-refractivity contribution in [3.05, 3.63) is 39.0 Å². The molecule has 112 valence electrons. The highest BCUT2D eigenvalue weighted by Crippen LogP contribution is 2.38. The maximum absolute atomic E-state index is 6.29. The zero-order chi connectivity index (χ0) is 14.8. The lowest BCUT2D eigenvalue weighted by Crippen LogP contribution is -2.14. The van der Waals surface area contributed by atoms with E-state index in [1.807, 2.05) is 24.5 Å². The molecule has 1 aromatic carbocycles. The van der Waals surface area contributed by atoms with Gasteiger partial charge < -0.3 is 9.88 Å². The van der Waals surface area contributed by atoms with Gasteiger partial charge in [0, 0.05) is 22.9 Å². The highest BCUT2D eigenvalue weighted by Gasteiger charge is 2.18. The molecule has 0 aliphatic heterocycles. The third-order valence-corrected chi connectivity index (χ3v) is 5.69. The number of halogens is 3. The fraction of sp³-hybridized carbons (Fsp3) is 0.400. The minimum Gasteiger partial charge on any atom is -0.324 e. The van der Waals surface area contributed by atoms with Crippen molar-refractivity contribution in [1.29, 1.82) is 0 Å². The largest absolute Gasteiger partial charge is 0.324 e. The van der Waals surface area contributed by atoms with Gasteiger partial charge in [-0.25, -0.2) is 4.98 Å². The molecule has 3 rings (SSSR count). The van der Waals surface area contributed by atoms with Crippen molar-refractivity contribution in [3.63, 3.8) is 0 Å². The van der Waals surface area contributed by atoms with Gasteiger partial charge in [0.2, 0.25) is 5.95 Å². The van der Waals surface area contributed by atoms with E-state index in [1.54, 1.807) is 0 Å². The van der Waals surface area contributed by atoms with E-state index in [-0.39, 0.29) is 0 Å². The lowest BCUT2D eigenvalue weighted by atomic mass is 9.95. The van der Waals surface area contributed by atoms with Crippen LogP contribution in [0.15, 0.2) is 29.0 Å². The second-order valence-corrected chi connectivity index (χ2v) is 6.91. The standard InChI is InChI=1S/C15H16BrCl2N3/c16-11-6-7-12(14(18)13(11)17)20-15-19-8-9-21(15)10-4-2-1-3-5-10/h6-10H,1-5H2,(H,19,20). The Hall–Kier alpha value is -0.710. The molecule has 0 atom stereocenters. The van der Waals surface area contributed by atoms with Gasteiger partial charge in [-0.05, 0) is 40.9 Å². The number of hydrogen-bond acceptors (Lipinski definition) is 2. The first-order valence-electron chi connectivity index (χ1n) is 7.10. The van der Waals surface area contributed by atoms with Crippen LogP contribution in [0.3, 0.4) is 0 Å². The van der Waals surface area contributed by atoms with Crippen molar-refractivity contribution in [2.75, 3.05) is 5.32 Å². The zero-order valence-corrected chi connectivity index (χ0v) is 14.5. The smallest absolute Gasteiger partial charge is 0.207 e. The number of aromatic nitrogens is 2. The van der Waals surface area contributed by atoms with E-state index in [1.165, 1.54) is 32.1 Å². The summed E-state index contributed by atoms with van der Waals surface area (Å²) >= 11 is 15.8. The Kier molecular flexibility index (Phi) is 4.77. The molecule has 0 bridgehead atoms. The lowest BCUT2D eigenvalue weighted by Gasteiger charge is -2.25. The predicted molar refractivity (Wildman–Crippen MR) is 91.8 cm³/mol. The van der Waals surface area contributed by atoms with Crippen molar-refractivity contribution in [2.24, 2.45) is 0 Å². The van der Waals surface area contributed by atoms with Crippen LogP contribution < -0.4 is 5.32 Å². The van der Waals surface area contributed by atoms with E-state index >= 15 is 0 Å². The fourth-order valence-corrected chi connectivity index (χ4v) is 3.63. The Morgan fingerprint density at radius 2 is 1.90 bits per heavy atom. The van der Waals surface area contributed by atoms with Gasteiger partial charge in [0.1, 0.15) is 0 Å². The van der Waals surface area contributed by atoms with Crippen molar-refractivity contribution in [3.8, 4) is 0 Å². The maximum atomic E-state index is 6.29. The molecule has 1 heterocycles. The van der Waals surface area contributed by atoms with Gasteiger partial charge in [0.15, 0.2) is 0 Å². The van der Waals surface area contributed by atoms with Crippen LogP contribution in [0.5, 0.6) is 0 Å². The average Bonchev–Trinajstić information content (AvgIpc) is 2.97. The SMILES string of the molecule is Clc1c(Br)ccc(Nc2nccn2C2CCCCC2)c1Cl. The molecule has 1 N–H and O–H groups in total. The quantitative estimate of drug-likeness (QED) is 0.634. The maximum Gasteiger partial charge on any atom is 0.207 e. The summed E-state index contributed by atoms with van der Waals surface area (Å²) < 4.78 is 3.00. The van der Waals surface area contributed by atoms with Crippen LogP contribution in [-0.2, 0) is 0 Å². The van der Waals surface area contributed by atoms with Crippen molar-refractivity contribution >= 4 is 50.8 Å². The Morgan fingerprint density at radius 3 is 2.67 bits per heavy atom. The number of hydrogen-bond donors (Lipinski definition) is 1. The molecule has 1 aliphatic carbocycles. The van der Waals surface area contributed by atoms with Crippen LogP contribution in [-0.4, -0.2) is 9.55 Å². The van der Waals surface area contributed by atoms with E-state index in [9.17, 15) is 0 Å². The topological polar surface area (TPSA) is 29.9 Å². The zero-order valence-electron chi connectivity index (χ0n) is 11.5. The van der Waals surface area contributed by atoms with E-state index in [0.29, 0.717) is 16.1 Å². The van der Waals surface area contributed by atoms with Crippen LogP contribution >= 0.6 is 39.1 Å². The number of benzene rings is 1. The summed E-state index contributed by atoms with van der Waals surface area (Å²) in [4.78, 5) is 4.42. The van der Waals surface area contributed by atoms with Gasteiger partial charge in [0.05, 0.1) is 15.7 Å². The molecule has 21 heavy (non-hydrogen) atoms. The first kappa shape index (κ1) is 15.2. The first-order valence-corrected chi connectivity index (χ1v) is 8.65. The summed E-state index contributed by atoms with van der Waals surface area (Å²) in [6.07, 6.45) is 10.2. The van der Waals surface area contributed by atoms with Crippen LogP contribution in [0, 0.1) is 0 Å². The second-order valence-electron chi connectivity index (χ2n) is 5.30. The van der Waals surface area contributed by atoms with Gasteiger partial charge in [0.25, 0.3) is 0 Å². The van der Waals surface area contributed by atoms with Gasteiger partial charge in [-0.1, -0.05) is 42.5 Å². The van der Waals surface area contributed by atoms with Crippen LogP contribution in [0.2, 0.25) is 10.0 Å². The van der Waals surface area contributed by atoms with E-state index in [4.69, 9.17) is 23.2 Å². The Labute approximate surface area is 142 Å². The predicted octanol–water partition coefficient (Wildman–Crippen LogP) is 6.20. The molecular formula is C15H16BrCl2N3. The molecule has 0 unspecified atom stereocenters. The third-order valence-electron chi connectivity index (χ3n) is 3.92. The summed E-state index contributed by atoms with van der Waals surface area (Å²) in [7, 11) is 0. The molecule has 1 fully saturated rings. The van der Waals surface area contributed by atoms with E-state index in [0.717, 1.165) is 16.1 Å². The number of nitrogens with one attached hydrogen (secondary N) is 1. The van der Waals surface area contributed by atoms with Crippen molar-refractivity contribution in [2.45, 2.75) is 38.1 Å². The van der Waals surface area contributed by atoms with Crippen LogP contribution in [0.4, 0.5) is 11.6 Å². The Morgan fingerprint density at radius 1 is 1.14 bits per heavy atom. The summed E-state index contributed by atoms with van der Waals surface area (Å²) in [5, 5.41) is 4.32. The molecule has 1 aromatic heterocycles. The van der Waals surface area contributed by atoms with Gasteiger partial charge in [-0.15, -0.1) is 0 Å². The fourth-order valence-electron chi connectivity index (χ4n) is 2.81. The molecule has 0 radical (unpaired) electrons. The number of anilines is 2. The number of rotatable bonds is 3. The van der Waals surface area contributed by atoms with Gasteiger partial charge in [-0.3, -0.25) is 0 Å². The highest BCUT2D eigenvalue weighted by molar-refractivity contribution is 9.10. The normalized spacial score (nSPS) is 16.1. The summed E-state index contributed by atoms with van der Waals surface area (Å²) in [5.74, 6) is 0.821. The third kappa shape index (κ3) is 3.22. The number of imidazole rings is 1. The molecular weight excluding hydrogens is 373 g/mol. The van der Waals surface area contributed by atoms with Crippen LogP contribution in [0.1, 0.15) is 38.1 Å². The first-order chi connectivity index (χ1) is 10.2. The minimum absolute atomic E-state index is 0.504. The monoisotopic (exact) mass is 387 g/mol. The molecule has 6 heteroatoms. The summed E-state index contributed by atoms with van der Waals surface area (Å²) in [5.41, 5.74) is 0.771.